The first-order valence-electron chi connectivity index (χ1n) is 11.1. The lowest BCUT2D eigenvalue weighted by Gasteiger charge is -2.12. The molecule has 35 heavy (non-hydrogen) atoms. The number of rotatable bonds is 6. The fourth-order valence-corrected chi connectivity index (χ4v) is 5.05. The van der Waals surface area contributed by atoms with Gasteiger partial charge in [0.1, 0.15) is 11.6 Å². The Morgan fingerprint density at radius 1 is 1.03 bits per heavy atom. The number of nitrogens with zero attached hydrogens (tertiary/aromatic N) is 3. The second kappa shape index (κ2) is 9.46. The quantitative estimate of drug-likeness (QED) is 0.522. The Bertz CT molecular complexity index is 1350. The summed E-state index contributed by atoms with van der Waals surface area (Å²) in [7, 11) is 0. The smallest absolute Gasteiger partial charge is 0.293 e. The van der Waals surface area contributed by atoms with Crippen LogP contribution in [0.4, 0.5) is 13.6 Å². The van der Waals surface area contributed by atoms with Gasteiger partial charge in [-0.1, -0.05) is 12.1 Å². The molecule has 0 unspecified atom stereocenters. The highest BCUT2D eigenvalue weighted by Crippen LogP contribution is 2.32. The average Bonchev–Trinajstić information content (AvgIpc) is 3.52. The third-order valence-corrected chi connectivity index (χ3v) is 6.79. The van der Waals surface area contributed by atoms with Gasteiger partial charge in [-0.05, 0) is 79.1 Å². The van der Waals surface area contributed by atoms with Crippen molar-refractivity contribution in [3.05, 3.63) is 87.6 Å². The van der Waals surface area contributed by atoms with Crippen LogP contribution in [0.1, 0.15) is 33.7 Å². The zero-order chi connectivity index (χ0) is 24.5. The van der Waals surface area contributed by atoms with Gasteiger partial charge in [0.05, 0.1) is 10.6 Å². The molecule has 3 amide bonds. The molecule has 7 nitrogen and oxygen atoms in total. The van der Waals surface area contributed by atoms with Crippen LogP contribution in [0.25, 0.3) is 11.8 Å². The lowest BCUT2D eigenvalue weighted by molar-refractivity contribution is -0.122. The summed E-state index contributed by atoms with van der Waals surface area (Å²) >= 11 is 0.804. The molecule has 3 aromatic rings. The van der Waals surface area contributed by atoms with Crippen LogP contribution in [0.5, 0.6) is 0 Å². The lowest BCUT2D eigenvalue weighted by atomic mass is 10.2. The second-order valence-electron chi connectivity index (χ2n) is 8.16. The van der Waals surface area contributed by atoms with Crippen LogP contribution < -0.4 is 5.32 Å². The third kappa shape index (κ3) is 4.61. The molecule has 0 saturated carbocycles. The summed E-state index contributed by atoms with van der Waals surface area (Å²) in [5, 5.41) is 6.79. The molecule has 0 bridgehead atoms. The van der Waals surface area contributed by atoms with E-state index in [0.717, 1.165) is 47.2 Å². The maximum Gasteiger partial charge on any atom is 0.293 e. The average molecular weight is 495 g/mol. The van der Waals surface area contributed by atoms with Crippen molar-refractivity contribution in [1.29, 1.82) is 0 Å². The third-order valence-electron chi connectivity index (χ3n) is 5.88. The molecule has 1 aromatic heterocycles. The SMILES string of the molecule is O=C(NCCN1C(=O)S/C(=C\c2ccc(F)cc2)C1=O)c1nn(-c2ccc(F)cc2)c2c1CCC2. The Kier molecular flexibility index (Phi) is 6.21. The molecule has 1 fully saturated rings. The van der Waals surface area contributed by atoms with Crippen LogP contribution in [0.3, 0.4) is 0 Å². The summed E-state index contributed by atoms with van der Waals surface area (Å²) < 4.78 is 28.1. The number of amides is 3. The zero-order valence-corrected chi connectivity index (χ0v) is 19.3. The Balaban J connectivity index is 1.25. The predicted octanol–water partition coefficient (Wildman–Crippen LogP) is 4.11. The van der Waals surface area contributed by atoms with Gasteiger partial charge in [0, 0.05) is 24.3 Å². The molecule has 1 saturated heterocycles. The van der Waals surface area contributed by atoms with Crippen LogP contribution in [-0.4, -0.2) is 44.8 Å². The van der Waals surface area contributed by atoms with Crippen molar-refractivity contribution >= 4 is 34.9 Å². The summed E-state index contributed by atoms with van der Waals surface area (Å²) in [6.07, 6.45) is 3.92. The Morgan fingerprint density at radius 2 is 1.71 bits per heavy atom. The summed E-state index contributed by atoms with van der Waals surface area (Å²) in [5.74, 6) is -1.59. The molecule has 0 spiro atoms. The van der Waals surface area contributed by atoms with Gasteiger partial charge in [-0.2, -0.15) is 5.10 Å². The van der Waals surface area contributed by atoms with Crippen LogP contribution in [0.15, 0.2) is 53.4 Å². The van der Waals surface area contributed by atoms with Crippen molar-refractivity contribution in [3.63, 3.8) is 0 Å². The largest absolute Gasteiger partial charge is 0.349 e. The molecule has 1 aliphatic heterocycles. The number of carbonyl (C=O) groups excluding carboxylic acids is 3. The van der Waals surface area contributed by atoms with E-state index in [1.807, 2.05) is 0 Å². The number of hydrogen-bond acceptors (Lipinski definition) is 5. The highest BCUT2D eigenvalue weighted by Gasteiger charge is 2.35. The molecule has 0 radical (unpaired) electrons. The Hall–Kier alpha value is -3.79. The number of benzene rings is 2. The van der Waals surface area contributed by atoms with Gasteiger partial charge >= 0.3 is 0 Å². The topological polar surface area (TPSA) is 84.3 Å². The number of aromatic nitrogens is 2. The maximum absolute atomic E-state index is 13.3. The first-order chi connectivity index (χ1) is 16.9. The fourth-order valence-electron chi connectivity index (χ4n) is 4.18. The van der Waals surface area contributed by atoms with Crippen molar-refractivity contribution in [2.45, 2.75) is 19.3 Å². The van der Waals surface area contributed by atoms with E-state index in [4.69, 9.17) is 0 Å². The molecule has 2 aromatic carbocycles. The van der Waals surface area contributed by atoms with Gasteiger partial charge in [0.25, 0.3) is 17.1 Å². The van der Waals surface area contributed by atoms with Gasteiger partial charge in [-0.3, -0.25) is 19.3 Å². The van der Waals surface area contributed by atoms with Crippen molar-refractivity contribution in [2.24, 2.45) is 0 Å². The summed E-state index contributed by atoms with van der Waals surface area (Å²) in [4.78, 5) is 39.2. The molecule has 1 N–H and O–H groups in total. The van der Waals surface area contributed by atoms with Gasteiger partial charge in [0.15, 0.2) is 5.69 Å². The molecule has 2 heterocycles. The second-order valence-corrected chi connectivity index (χ2v) is 9.15. The minimum absolute atomic E-state index is 0.0119. The van der Waals surface area contributed by atoms with Crippen LogP contribution in [0.2, 0.25) is 0 Å². The van der Waals surface area contributed by atoms with E-state index in [-0.39, 0.29) is 29.6 Å². The molecular weight excluding hydrogens is 474 g/mol. The summed E-state index contributed by atoms with van der Waals surface area (Å²) in [5.41, 5.74) is 3.37. The fraction of sp³-hybridized carbons (Fsp3) is 0.200. The molecular formula is C25H20F2N4O3S. The number of carbonyl (C=O) groups is 3. The molecule has 0 atom stereocenters. The first-order valence-corrected chi connectivity index (χ1v) is 11.9. The molecule has 178 valence electrons. The van der Waals surface area contributed by atoms with Gasteiger partial charge in [-0.15, -0.1) is 0 Å². The van der Waals surface area contributed by atoms with Crippen LogP contribution in [0, 0.1) is 11.6 Å². The minimum atomic E-state index is -0.458. The van der Waals surface area contributed by atoms with Crippen LogP contribution in [-0.2, 0) is 17.6 Å². The van der Waals surface area contributed by atoms with E-state index in [1.165, 1.54) is 42.5 Å². The zero-order valence-electron chi connectivity index (χ0n) is 18.5. The van der Waals surface area contributed by atoms with E-state index in [9.17, 15) is 23.2 Å². The highest BCUT2D eigenvalue weighted by molar-refractivity contribution is 8.18. The standard InChI is InChI=1S/C25H20F2N4O3S/c26-16-6-4-15(5-7-16)14-21-24(33)30(25(34)35-21)13-12-28-23(32)22-19-2-1-3-20(19)31(29-22)18-10-8-17(27)9-11-18/h4-11,14H,1-3,12-13H2,(H,28,32)/b21-14-. The van der Waals surface area contributed by atoms with Crippen molar-refractivity contribution in [3.8, 4) is 5.69 Å². The Morgan fingerprint density at radius 3 is 2.43 bits per heavy atom. The van der Waals surface area contributed by atoms with Crippen LogP contribution >= 0.6 is 11.8 Å². The number of thioether (sulfide) groups is 1. The van der Waals surface area contributed by atoms with E-state index < -0.39 is 17.1 Å². The van der Waals surface area contributed by atoms with Crippen molar-refractivity contribution in [1.82, 2.24) is 20.0 Å². The normalized spacial score (nSPS) is 16.3. The van der Waals surface area contributed by atoms with Crippen molar-refractivity contribution in [2.75, 3.05) is 13.1 Å². The van der Waals surface area contributed by atoms with E-state index in [2.05, 4.69) is 10.4 Å². The number of nitrogens with one attached hydrogen (secondary N) is 1. The van der Waals surface area contributed by atoms with E-state index in [0.29, 0.717) is 16.9 Å². The number of halogens is 2. The van der Waals surface area contributed by atoms with Crippen molar-refractivity contribution < 1.29 is 23.2 Å². The molecule has 5 rings (SSSR count). The lowest BCUT2D eigenvalue weighted by Crippen LogP contribution is -2.37. The number of hydrogen-bond donors (Lipinski definition) is 1. The highest BCUT2D eigenvalue weighted by atomic mass is 32.2. The first kappa shape index (κ1) is 23.0. The van der Waals surface area contributed by atoms with E-state index >= 15 is 0 Å². The Labute approximate surface area is 203 Å². The maximum atomic E-state index is 13.3. The molecule has 1 aliphatic carbocycles. The minimum Gasteiger partial charge on any atom is -0.349 e. The number of fused-ring (bicyclic) bond motifs is 1. The molecule has 10 heteroatoms. The number of imide groups is 1. The summed E-state index contributed by atoms with van der Waals surface area (Å²) in [6.45, 7) is 0.0803. The predicted molar refractivity (Wildman–Crippen MR) is 127 cm³/mol. The summed E-state index contributed by atoms with van der Waals surface area (Å²) in [6, 6.07) is 11.5. The van der Waals surface area contributed by atoms with Gasteiger partial charge in [-0.25, -0.2) is 13.5 Å². The van der Waals surface area contributed by atoms with Gasteiger partial charge in [0.2, 0.25) is 0 Å². The monoisotopic (exact) mass is 494 g/mol. The van der Waals surface area contributed by atoms with Gasteiger partial charge < -0.3 is 5.32 Å². The molecule has 2 aliphatic rings. The van der Waals surface area contributed by atoms with E-state index in [1.54, 1.807) is 16.8 Å².